The number of rotatable bonds is 4. The van der Waals surface area contributed by atoms with Crippen molar-refractivity contribution in [2.75, 3.05) is 6.54 Å². The number of benzene rings is 1. The highest BCUT2D eigenvalue weighted by Crippen LogP contribution is 2.10. The highest BCUT2D eigenvalue weighted by atomic mass is 79.9. The lowest BCUT2D eigenvalue weighted by Gasteiger charge is -2.22. The largest absolute Gasteiger partial charge is 0.338 e. The lowest BCUT2D eigenvalue weighted by atomic mass is 10.2. The Morgan fingerprint density at radius 3 is 2.75 bits per heavy atom. The molecule has 0 aliphatic rings. The average Bonchev–Trinajstić information content (AvgIpc) is 2.25. The number of nitrogens with zero attached hydrogens (tertiary/aromatic N) is 1. The molecule has 0 fully saturated rings. The fourth-order valence-corrected chi connectivity index (χ4v) is 1.74. The Balaban J connectivity index is 2.74. The van der Waals surface area contributed by atoms with Crippen LogP contribution in [-0.4, -0.2) is 22.2 Å². The van der Waals surface area contributed by atoms with Crippen molar-refractivity contribution < 1.29 is 9.18 Å². The molecule has 0 saturated heterocycles. The van der Waals surface area contributed by atoms with E-state index in [0.717, 1.165) is 5.56 Å². The fourth-order valence-electron chi connectivity index (χ4n) is 1.45. The number of amides is 1. The van der Waals surface area contributed by atoms with Gasteiger partial charge < -0.3 is 4.90 Å². The molecule has 0 aliphatic heterocycles. The Hall–Kier alpha value is -0.900. The smallest absolute Gasteiger partial charge is 0.236 e. The summed E-state index contributed by atoms with van der Waals surface area (Å²) in [7, 11) is 0. The number of alkyl halides is 1. The van der Waals surface area contributed by atoms with Gasteiger partial charge >= 0.3 is 0 Å². The van der Waals surface area contributed by atoms with Crippen molar-refractivity contribution in [2.45, 2.75) is 25.2 Å². The van der Waals surface area contributed by atoms with E-state index in [-0.39, 0.29) is 16.6 Å². The van der Waals surface area contributed by atoms with E-state index in [1.54, 1.807) is 17.9 Å². The molecule has 0 N–H and O–H groups in total. The monoisotopic (exact) mass is 287 g/mol. The molecule has 0 bridgehead atoms. The maximum Gasteiger partial charge on any atom is 0.236 e. The van der Waals surface area contributed by atoms with Crippen molar-refractivity contribution in [3.8, 4) is 0 Å². The van der Waals surface area contributed by atoms with Gasteiger partial charge in [0.1, 0.15) is 5.82 Å². The van der Waals surface area contributed by atoms with Gasteiger partial charge in [-0.25, -0.2) is 4.39 Å². The minimum absolute atomic E-state index is 0.0201. The zero-order valence-electron chi connectivity index (χ0n) is 9.41. The van der Waals surface area contributed by atoms with Gasteiger partial charge in [0.15, 0.2) is 0 Å². The van der Waals surface area contributed by atoms with Crippen LogP contribution >= 0.6 is 15.9 Å². The van der Waals surface area contributed by atoms with Crippen molar-refractivity contribution in [2.24, 2.45) is 0 Å². The van der Waals surface area contributed by atoms with Gasteiger partial charge in [-0.05, 0) is 31.5 Å². The Kier molecular flexibility index (Phi) is 4.93. The molecule has 1 aromatic rings. The van der Waals surface area contributed by atoms with E-state index in [0.29, 0.717) is 13.1 Å². The molecule has 1 aromatic carbocycles. The molecule has 88 valence electrons. The quantitative estimate of drug-likeness (QED) is 0.780. The highest BCUT2D eigenvalue weighted by molar-refractivity contribution is 9.10. The van der Waals surface area contributed by atoms with Crippen LogP contribution in [0.2, 0.25) is 0 Å². The molecular formula is C12H15BrFNO. The van der Waals surface area contributed by atoms with E-state index >= 15 is 0 Å². The molecule has 0 spiro atoms. The number of halogens is 2. The number of hydrogen-bond acceptors (Lipinski definition) is 1. The lowest BCUT2D eigenvalue weighted by molar-refractivity contribution is -0.130. The minimum Gasteiger partial charge on any atom is -0.338 e. The molecule has 4 heteroatoms. The summed E-state index contributed by atoms with van der Waals surface area (Å²) in [5.74, 6) is -0.250. The number of carbonyl (C=O) groups excluding carboxylic acids is 1. The third-order valence-electron chi connectivity index (χ3n) is 2.30. The van der Waals surface area contributed by atoms with Crippen LogP contribution in [0.5, 0.6) is 0 Å². The van der Waals surface area contributed by atoms with Crippen LogP contribution in [-0.2, 0) is 11.3 Å². The SMILES string of the molecule is CCN(Cc1cccc(F)c1)C(=O)C(C)Br. The van der Waals surface area contributed by atoms with Crippen molar-refractivity contribution >= 4 is 21.8 Å². The minimum atomic E-state index is -0.270. The summed E-state index contributed by atoms with van der Waals surface area (Å²) in [5, 5.41) is 0. The Morgan fingerprint density at radius 2 is 2.25 bits per heavy atom. The van der Waals surface area contributed by atoms with Crippen molar-refractivity contribution in [1.29, 1.82) is 0 Å². The van der Waals surface area contributed by atoms with Crippen LogP contribution in [0, 0.1) is 5.82 Å². The average molecular weight is 288 g/mol. The van der Waals surface area contributed by atoms with Crippen LogP contribution in [0.4, 0.5) is 4.39 Å². The van der Waals surface area contributed by atoms with E-state index in [4.69, 9.17) is 0 Å². The zero-order valence-corrected chi connectivity index (χ0v) is 11.0. The third kappa shape index (κ3) is 3.59. The molecule has 0 aromatic heterocycles. The second-order valence-electron chi connectivity index (χ2n) is 3.60. The first-order valence-electron chi connectivity index (χ1n) is 5.22. The van der Waals surface area contributed by atoms with Crippen molar-refractivity contribution in [3.63, 3.8) is 0 Å². The summed E-state index contributed by atoms with van der Waals surface area (Å²) in [5.41, 5.74) is 0.809. The summed E-state index contributed by atoms with van der Waals surface area (Å²) >= 11 is 3.24. The second kappa shape index (κ2) is 5.99. The molecule has 2 nitrogen and oxygen atoms in total. The summed E-state index contributed by atoms with van der Waals surface area (Å²) in [6, 6.07) is 6.32. The van der Waals surface area contributed by atoms with Gasteiger partial charge in [0, 0.05) is 13.1 Å². The Bertz CT molecular complexity index is 368. The first-order valence-corrected chi connectivity index (χ1v) is 6.13. The van der Waals surface area contributed by atoms with Crippen LogP contribution in [0.1, 0.15) is 19.4 Å². The van der Waals surface area contributed by atoms with E-state index in [1.807, 2.05) is 13.0 Å². The molecule has 1 amide bonds. The lowest BCUT2D eigenvalue weighted by Crippen LogP contribution is -2.34. The molecule has 1 rings (SSSR count). The van der Waals surface area contributed by atoms with Crippen LogP contribution in [0.3, 0.4) is 0 Å². The van der Waals surface area contributed by atoms with Gasteiger partial charge in [-0.2, -0.15) is 0 Å². The predicted molar refractivity (Wildman–Crippen MR) is 65.9 cm³/mol. The first-order chi connectivity index (χ1) is 7.54. The molecule has 0 aliphatic carbocycles. The third-order valence-corrected chi connectivity index (χ3v) is 2.69. The number of hydrogen-bond donors (Lipinski definition) is 0. The molecule has 16 heavy (non-hydrogen) atoms. The van der Waals surface area contributed by atoms with Gasteiger partial charge in [-0.15, -0.1) is 0 Å². The Morgan fingerprint density at radius 1 is 1.56 bits per heavy atom. The maximum absolute atomic E-state index is 13.0. The van der Waals surface area contributed by atoms with Gasteiger partial charge in [-0.1, -0.05) is 28.1 Å². The zero-order chi connectivity index (χ0) is 12.1. The molecule has 0 saturated carbocycles. The van der Waals surface area contributed by atoms with E-state index in [2.05, 4.69) is 15.9 Å². The van der Waals surface area contributed by atoms with Gasteiger partial charge in [-0.3, -0.25) is 4.79 Å². The molecular weight excluding hydrogens is 273 g/mol. The maximum atomic E-state index is 13.0. The Labute approximate surface area is 104 Å². The normalized spacial score (nSPS) is 12.2. The fraction of sp³-hybridized carbons (Fsp3) is 0.417. The second-order valence-corrected chi connectivity index (χ2v) is 4.97. The highest BCUT2D eigenvalue weighted by Gasteiger charge is 2.16. The van der Waals surface area contributed by atoms with E-state index in [1.165, 1.54) is 12.1 Å². The predicted octanol–water partition coefficient (Wildman–Crippen LogP) is 2.96. The summed E-state index contributed by atoms with van der Waals surface area (Å²) in [6.45, 7) is 4.76. The number of carbonyl (C=O) groups is 1. The molecule has 1 atom stereocenters. The standard InChI is InChI=1S/C12H15BrFNO/c1-3-15(12(16)9(2)13)8-10-5-4-6-11(14)7-10/h4-7,9H,3,8H2,1-2H3. The van der Waals surface area contributed by atoms with Crippen molar-refractivity contribution in [3.05, 3.63) is 35.6 Å². The van der Waals surface area contributed by atoms with Crippen molar-refractivity contribution in [1.82, 2.24) is 4.90 Å². The van der Waals surface area contributed by atoms with Crippen LogP contribution in [0.15, 0.2) is 24.3 Å². The van der Waals surface area contributed by atoms with E-state index < -0.39 is 0 Å². The van der Waals surface area contributed by atoms with Gasteiger partial charge in [0.05, 0.1) is 4.83 Å². The molecule has 0 heterocycles. The molecule has 1 unspecified atom stereocenters. The van der Waals surface area contributed by atoms with Crippen LogP contribution < -0.4 is 0 Å². The summed E-state index contributed by atoms with van der Waals surface area (Å²) < 4.78 is 13.0. The summed E-state index contributed by atoms with van der Waals surface area (Å²) in [4.78, 5) is 13.2. The summed E-state index contributed by atoms with van der Waals surface area (Å²) in [6.07, 6.45) is 0. The van der Waals surface area contributed by atoms with Gasteiger partial charge in [0.2, 0.25) is 5.91 Å². The van der Waals surface area contributed by atoms with E-state index in [9.17, 15) is 9.18 Å². The van der Waals surface area contributed by atoms with Crippen LogP contribution in [0.25, 0.3) is 0 Å². The first kappa shape index (κ1) is 13.2. The topological polar surface area (TPSA) is 20.3 Å². The molecule has 0 radical (unpaired) electrons. The van der Waals surface area contributed by atoms with Gasteiger partial charge in [0.25, 0.3) is 0 Å².